The van der Waals surface area contributed by atoms with Gasteiger partial charge in [0.1, 0.15) is 0 Å². The number of piperidine rings is 1. The molecule has 1 fully saturated rings. The van der Waals surface area contributed by atoms with Gasteiger partial charge in [-0.15, -0.1) is 0 Å². The Kier molecular flexibility index (Phi) is 8.32. The molecule has 3 rings (SSSR count). The Morgan fingerprint density at radius 1 is 1.03 bits per heavy atom. The molecule has 32 heavy (non-hydrogen) atoms. The van der Waals surface area contributed by atoms with Gasteiger partial charge in [-0.05, 0) is 42.0 Å². The van der Waals surface area contributed by atoms with Crippen LogP contribution in [0.2, 0.25) is 0 Å². The highest BCUT2D eigenvalue weighted by atomic mass is 32.2. The minimum Gasteiger partial charge on any atom is -0.382 e. The molecule has 0 radical (unpaired) electrons. The van der Waals surface area contributed by atoms with Crippen molar-refractivity contribution >= 4 is 21.6 Å². The van der Waals surface area contributed by atoms with Crippen molar-refractivity contribution in [2.45, 2.75) is 52.0 Å². The first-order valence-corrected chi connectivity index (χ1v) is 13.0. The second kappa shape index (κ2) is 11.0. The highest BCUT2D eigenvalue weighted by molar-refractivity contribution is 7.88. The fourth-order valence-electron chi connectivity index (χ4n) is 4.04. The van der Waals surface area contributed by atoms with E-state index in [0.29, 0.717) is 19.1 Å². The number of nitrogens with zero attached hydrogens (tertiary/aromatic N) is 2. The molecule has 1 aliphatic heterocycles. The van der Waals surface area contributed by atoms with E-state index >= 15 is 0 Å². The highest BCUT2D eigenvalue weighted by Gasteiger charge is 2.24. The third kappa shape index (κ3) is 7.07. The Morgan fingerprint density at radius 2 is 1.66 bits per heavy atom. The highest BCUT2D eigenvalue weighted by Crippen LogP contribution is 2.20. The molecular weight excluding hydrogens is 422 g/mol. The van der Waals surface area contributed by atoms with E-state index < -0.39 is 10.0 Å². The van der Waals surface area contributed by atoms with E-state index in [2.05, 4.69) is 5.32 Å². The maximum Gasteiger partial charge on any atom is 0.219 e. The largest absolute Gasteiger partial charge is 0.382 e. The monoisotopic (exact) mass is 457 g/mol. The van der Waals surface area contributed by atoms with Crippen LogP contribution in [0.3, 0.4) is 0 Å². The van der Waals surface area contributed by atoms with Crippen molar-refractivity contribution in [3.63, 3.8) is 0 Å². The van der Waals surface area contributed by atoms with Gasteiger partial charge in [0.25, 0.3) is 0 Å². The maximum atomic E-state index is 13.1. The molecular formula is C25H35N3O3S. The van der Waals surface area contributed by atoms with Crippen LogP contribution < -0.4 is 5.32 Å². The second-order valence-corrected chi connectivity index (χ2v) is 11.0. The van der Waals surface area contributed by atoms with Crippen LogP contribution in [0.1, 0.15) is 44.7 Å². The number of nitrogens with one attached hydrogen (secondary N) is 1. The van der Waals surface area contributed by atoms with Gasteiger partial charge in [-0.25, -0.2) is 8.42 Å². The molecule has 2 aromatic rings. The molecule has 0 saturated carbocycles. The number of likely N-dealkylation sites (tertiary alicyclic amines) is 1. The third-order valence-corrected chi connectivity index (χ3v) is 7.54. The van der Waals surface area contributed by atoms with Crippen molar-refractivity contribution in [2.24, 2.45) is 5.92 Å². The molecule has 6 nitrogen and oxygen atoms in total. The molecule has 0 atom stereocenters. The summed E-state index contributed by atoms with van der Waals surface area (Å²) in [6, 6.07) is 17.7. The number of sulfonamides is 1. The summed E-state index contributed by atoms with van der Waals surface area (Å²) in [6.07, 6.45) is 1.86. The van der Waals surface area contributed by atoms with Crippen LogP contribution in [0.25, 0.3) is 0 Å². The van der Waals surface area contributed by atoms with Crippen LogP contribution in [0.15, 0.2) is 54.6 Å². The molecule has 1 saturated heterocycles. The molecule has 174 valence electrons. The molecule has 0 spiro atoms. The normalized spacial score (nSPS) is 15.3. The van der Waals surface area contributed by atoms with Crippen LogP contribution in [-0.2, 0) is 27.1 Å². The number of benzene rings is 2. The molecule has 2 aromatic carbocycles. The van der Waals surface area contributed by atoms with Gasteiger partial charge in [0.05, 0.1) is 5.75 Å². The zero-order chi connectivity index (χ0) is 23.1. The average Bonchev–Trinajstić information content (AvgIpc) is 2.75. The van der Waals surface area contributed by atoms with Gasteiger partial charge in [-0.2, -0.15) is 4.31 Å². The molecule has 0 aromatic heterocycles. The molecule has 0 aliphatic carbocycles. The van der Waals surface area contributed by atoms with Gasteiger partial charge in [-0.3, -0.25) is 4.79 Å². The van der Waals surface area contributed by atoms with Gasteiger partial charge in [0, 0.05) is 44.8 Å². The van der Waals surface area contributed by atoms with Crippen LogP contribution in [-0.4, -0.2) is 49.2 Å². The van der Waals surface area contributed by atoms with Crippen molar-refractivity contribution in [1.82, 2.24) is 9.21 Å². The maximum absolute atomic E-state index is 13.1. The lowest BCUT2D eigenvalue weighted by molar-refractivity contribution is -0.129. The summed E-state index contributed by atoms with van der Waals surface area (Å²) in [5.41, 5.74) is 2.80. The van der Waals surface area contributed by atoms with Crippen molar-refractivity contribution in [2.75, 3.05) is 25.0 Å². The van der Waals surface area contributed by atoms with Crippen LogP contribution in [0.5, 0.6) is 0 Å². The molecule has 1 heterocycles. The minimum atomic E-state index is -3.43. The Labute approximate surface area is 192 Å². The van der Waals surface area contributed by atoms with E-state index in [-0.39, 0.29) is 17.6 Å². The number of hydrogen-bond acceptors (Lipinski definition) is 4. The van der Waals surface area contributed by atoms with Crippen molar-refractivity contribution in [1.29, 1.82) is 0 Å². The smallest absolute Gasteiger partial charge is 0.219 e. The van der Waals surface area contributed by atoms with E-state index in [4.69, 9.17) is 0 Å². The standard InChI is InChI=1S/C25H35N3O3S/c1-20(2)17-28(32(30,31)19-23-7-5-4-6-8-23)18-22-9-11-24(12-10-22)26-25-13-15-27(16-14-25)21(3)29/h4-12,20,25-26H,13-19H2,1-3H3. The van der Waals surface area contributed by atoms with E-state index in [0.717, 1.165) is 42.7 Å². The molecule has 7 heteroatoms. The van der Waals surface area contributed by atoms with Gasteiger partial charge < -0.3 is 10.2 Å². The molecule has 1 aliphatic rings. The topological polar surface area (TPSA) is 69.7 Å². The number of carbonyl (C=O) groups excluding carboxylic acids is 1. The summed E-state index contributed by atoms with van der Waals surface area (Å²) in [5.74, 6) is 0.391. The number of anilines is 1. The predicted molar refractivity (Wildman–Crippen MR) is 130 cm³/mol. The SMILES string of the molecule is CC(=O)N1CCC(Nc2ccc(CN(CC(C)C)S(=O)(=O)Cc3ccccc3)cc2)CC1. The Balaban J connectivity index is 1.62. The Hall–Kier alpha value is -2.38. The summed E-state index contributed by atoms with van der Waals surface area (Å²) in [7, 11) is -3.43. The van der Waals surface area contributed by atoms with E-state index in [1.165, 1.54) is 0 Å². The van der Waals surface area contributed by atoms with Gasteiger partial charge >= 0.3 is 0 Å². The van der Waals surface area contributed by atoms with E-state index in [9.17, 15) is 13.2 Å². The Morgan fingerprint density at radius 3 is 2.22 bits per heavy atom. The number of carbonyl (C=O) groups is 1. The van der Waals surface area contributed by atoms with E-state index in [1.54, 1.807) is 11.2 Å². The summed E-state index contributed by atoms with van der Waals surface area (Å²) >= 11 is 0. The van der Waals surface area contributed by atoms with Crippen LogP contribution in [0.4, 0.5) is 5.69 Å². The summed E-state index contributed by atoms with van der Waals surface area (Å²) in [5, 5.41) is 3.55. The lowest BCUT2D eigenvalue weighted by atomic mass is 10.0. The first kappa shape index (κ1) is 24.3. The summed E-state index contributed by atoms with van der Waals surface area (Å²) in [4.78, 5) is 13.4. The predicted octanol–water partition coefficient (Wildman–Crippen LogP) is 4.10. The number of amides is 1. The molecule has 0 unspecified atom stereocenters. The average molecular weight is 458 g/mol. The molecule has 1 amide bonds. The zero-order valence-corrected chi connectivity index (χ0v) is 20.1. The lowest BCUT2D eigenvalue weighted by Gasteiger charge is -2.32. The lowest BCUT2D eigenvalue weighted by Crippen LogP contribution is -2.41. The van der Waals surface area contributed by atoms with Gasteiger partial charge in [0.2, 0.25) is 15.9 Å². The third-order valence-electron chi connectivity index (χ3n) is 5.78. The van der Waals surface area contributed by atoms with Crippen LogP contribution in [0, 0.1) is 5.92 Å². The van der Waals surface area contributed by atoms with Crippen molar-refractivity contribution < 1.29 is 13.2 Å². The van der Waals surface area contributed by atoms with Gasteiger partial charge in [0.15, 0.2) is 0 Å². The molecule has 1 N–H and O–H groups in total. The quantitative estimate of drug-likeness (QED) is 0.616. The Bertz CT molecular complexity index is 967. The van der Waals surface area contributed by atoms with E-state index in [1.807, 2.05) is 73.3 Å². The van der Waals surface area contributed by atoms with Crippen LogP contribution >= 0.6 is 0 Å². The summed E-state index contributed by atoms with van der Waals surface area (Å²) in [6.45, 7) is 8.12. The fourth-order valence-corrected chi connectivity index (χ4v) is 5.71. The first-order chi connectivity index (χ1) is 15.2. The summed E-state index contributed by atoms with van der Waals surface area (Å²) < 4.78 is 27.9. The number of hydrogen-bond donors (Lipinski definition) is 1. The fraction of sp³-hybridized carbons (Fsp3) is 0.480. The van der Waals surface area contributed by atoms with Gasteiger partial charge in [-0.1, -0.05) is 56.3 Å². The molecule has 0 bridgehead atoms. The van der Waals surface area contributed by atoms with Crippen molar-refractivity contribution in [3.05, 3.63) is 65.7 Å². The minimum absolute atomic E-state index is 0.0131. The number of rotatable bonds is 9. The first-order valence-electron chi connectivity index (χ1n) is 11.4. The zero-order valence-electron chi connectivity index (χ0n) is 19.3. The second-order valence-electron chi connectivity index (χ2n) is 9.05. The van der Waals surface area contributed by atoms with Crippen molar-refractivity contribution in [3.8, 4) is 0 Å².